The average Bonchev–Trinajstić information content (AvgIpc) is 2.71. The normalized spacial score (nSPS) is 10.8. The molecule has 18 heavy (non-hydrogen) atoms. The number of nitrogens with zero attached hydrogens (tertiary/aromatic N) is 1. The van der Waals surface area contributed by atoms with Crippen LogP contribution in [0, 0.1) is 13.8 Å². The molecule has 0 bridgehead atoms. The van der Waals surface area contributed by atoms with Crippen LogP contribution in [0.4, 0.5) is 0 Å². The molecule has 2 N–H and O–H groups in total. The van der Waals surface area contributed by atoms with Gasteiger partial charge < -0.3 is 5.32 Å². The van der Waals surface area contributed by atoms with Gasteiger partial charge in [-0.15, -0.1) is 0 Å². The zero-order valence-electron chi connectivity index (χ0n) is 11.2. The Kier molecular flexibility index (Phi) is 4.53. The van der Waals surface area contributed by atoms with E-state index in [0.717, 1.165) is 25.2 Å². The molecular formula is C15H21N3. The molecule has 0 saturated carbocycles. The van der Waals surface area contributed by atoms with Crippen LogP contribution in [-0.2, 0) is 13.0 Å². The largest absolute Gasteiger partial charge is 0.313 e. The average molecular weight is 243 g/mol. The Morgan fingerprint density at radius 2 is 1.94 bits per heavy atom. The summed E-state index contributed by atoms with van der Waals surface area (Å²) in [6, 6.07) is 10.6. The third-order valence-electron chi connectivity index (χ3n) is 3.24. The Hall–Kier alpha value is -1.61. The van der Waals surface area contributed by atoms with E-state index in [4.69, 9.17) is 0 Å². The van der Waals surface area contributed by atoms with Gasteiger partial charge in [0.05, 0.1) is 5.69 Å². The maximum absolute atomic E-state index is 4.20. The van der Waals surface area contributed by atoms with Gasteiger partial charge in [0.1, 0.15) is 0 Å². The maximum Gasteiger partial charge on any atom is 0.0638 e. The van der Waals surface area contributed by atoms with Gasteiger partial charge in [-0.25, -0.2) is 0 Å². The lowest BCUT2D eigenvalue weighted by atomic mass is 10.1. The van der Waals surface area contributed by atoms with Crippen molar-refractivity contribution in [2.24, 2.45) is 0 Å². The number of nitrogens with one attached hydrogen (secondary N) is 2. The summed E-state index contributed by atoms with van der Waals surface area (Å²) in [7, 11) is 0. The van der Waals surface area contributed by atoms with Crippen LogP contribution in [0.15, 0.2) is 30.3 Å². The molecule has 1 aromatic carbocycles. The summed E-state index contributed by atoms with van der Waals surface area (Å²) in [5.74, 6) is 0. The van der Waals surface area contributed by atoms with E-state index < -0.39 is 0 Å². The Morgan fingerprint density at radius 3 is 2.61 bits per heavy atom. The number of H-pyrrole nitrogens is 1. The number of rotatable bonds is 6. The monoisotopic (exact) mass is 243 g/mol. The Labute approximate surface area is 109 Å². The zero-order chi connectivity index (χ0) is 12.8. The van der Waals surface area contributed by atoms with E-state index in [1.54, 1.807) is 0 Å². The van der Waals surface area contributed by atoms with E-state index in [9.17, 15) is 0 Å². The van der Waals surface area contributed by atoms with Gasteiger partial charge in [0.2, 0.25) is 0 Å². The third-order valence-corrected chi connectivity index (χ3v) is 3.24. The molecule has 0 saturated heterocycles. The Morgan fingerprint density at radius 1 is 1.17 bits per heavy atom. The van der Waals surface area contributed by atoms with Crippen molar-refractivity contribution in [2.45, 2.75) is 33.2 Å². The smallest absolute Gasteiger partial charge is 0.0638 e. The summed E-state index contributed by atoms with van der Waals surface area (Å²) in [5.41, 5.74) is 4.98. The number of aryl methyl sites for hydroxylation is 3. The first kappa shape index (κ1) is 12.8. The minimum absolute atomic E-state index is 0.906. The van der Waals surface area contributed by atoms with Crippen LogP contribution in [0.25, 0.3) is 0 Å². The lowest BCUT2D eigenvalue weighted by molar-refractivity contribution is 0.646. The predicted molar refractivity (Wildman–Crippen MR) is 74.5 cm³/mol. The summed E-state index contributed by atoms with van der Waals surface area (Å²) < 4.78 is 0. The predicted octanol–water partition coefficient (Wildman–Crippen LogP) is 2.75. The fraction of sp³-hybridized carbons (Fsp3) is 0.400. The minimum Gasteiger partial charge on any atom is -0.313 e. The van der Waals surface area contributed by atoms with Crippen LogP contribution in [0.2, 0.25) is 0 Å². The van der Waals surface area contributed by atoms with Gasteiger partial charge in [-0.3, -0.25) is 5.10 Å². The highest BCUT2D eigenvalue weighted by atomic mass is 15.1. The van der Waals surface area contributed by atoms with E-state index >= 15 is 0 Å². The molecular weight excluding hydrogens is 222 g/mol. The highest BCUT2D eigenvalue weighted by Gasteiger charge is 2.04. The number of aromatic amines is 1. The molecule has 1 heterocycles. The SMILES string of the molecule is Cc1n[nH]c(C)c1CNCCCc1ccccc1. The molecule has 0 amide bonds. The van der Waals surface area contributed by atoms with E-state index in [1.807, 2.05) is 6.92 Å². The maximum atomic E-state index is 4.20. The van der Waals surface area contributed by atoms with Crippen molar-refractivity contribution in [1.82, 2.24) is 15.5 Å². The molecule has 0 fully saturated rings. The molecule has 2 aromatic rings. The molecule has 3 nitrogen and oxygen atoms in total. The quantitative estimate of drug-likeness (QED) is 0.766. The molecule has 0 aliphatic carbocycles. The van der Waals surface area contributed by atoms with Crippen LogP contribution < -0.4 is 5.32 Å². The van der Waals surface area contributed by atoms with Crippen molar-refractivity contribution in [1.29, 1.82) is 0 Å². The standard InChI is InChI=1S/C15H21N3/c1-12-15(13(2)18-17-12)11-16-10-6-9-14-7-4-3-5-8-14/h3-5,7-8,16H,6,9-11H2,1-2H3,(H,17,18). The second-order valence-corrected chi connectivity index (χ2v) is 4.68. The number of benzene rings is 1. The Balaban J connectivity index is 1.68. The summed E-state index contributed by atoms with van der Waals surface area (Å²) in [6.45, 7) is 6.06. The molecule has 96 valence electrons. The lowest BCUT2D eigenvalue weighted by Crippen LogP contribution is -2.16. The van der Waals surface area contributed by atoms with Crippen LogP contribution in [0.1, 0.15) is 28.9 Å². The van der Waals surface area contributed by atoms with Gasteiger partial charge in [0.15, 0.2) is 0 Å². The zero-order valence-corrected chi connectivity index (χ0v) is 11.2. The van der Waals surface area contributed by atoms with Crippen molar-refractivity contribution in [3.05, 3.63) is 52.8 Å². The van der Waals surface area contributed by atoms with Gasteiger partial charge in [-0.05, 0) is 38.8 Å². The number of aromatic nitrogens is 2. The van der Waals surface area contributed by atoms with E-state index in [0.29, 0.717) is 0 Å². The number of hydrogen-bond acceptors (Lipinski definition) is 2. The highest BCUT2D eigenvalue weighted by molar-refractivity contribution is 5.22. The van der Waals surface area contributed by atoms with Crippen LogP contribution >= 0.6 is 0 Å². The third kappa shape index (κ3) is 3.44. The first-order chi connectivity index (χ1) is 8.77. The molecule has 2 rings (SSSR count). The van der Waals surface area contributed by atoms with Crippen LogP contribution in [0.5, 0.6) is 0 Å². The summed E-state index contributed by atoms with van der Waals surface area (Å²) in [4.78, 5) is 0. The van der Waals surface area contributed by atoms with Gasteiger partial charge in [0, 0.05) is 17.8 Å². The van der Waals surface area contributed by atoms with Crippen molar-refractivity contribution in [3.63, 3.8) is 0 Å². The molecule has 0 spiro atoms. The van der Waals surface area contributed by atoms with Crippen molar-refractivity contribution in [3.8, 4) is 0 Å². The fourth-order valence-electron chi connectivity index (χ4n) is 2.11. The second-order valence-electron chi connectivity index (χ2n) is 4.68. The molecule has 0 atom stereocenters. The fourth-order valence-corrected chi connectivity index (χ4v) is 2.11. The molecule has 1 aromatic heterocycles. The van der Waals surface area contributed by atoms with E-state index in [1.165, 1.54) is 23.2 Å². The molecule has 3 heteroatoms. The van der Waals surface area contributed by atoms with Crippen molar-refractivity contribution >= 4 is 0 Å². The van der Waals surface area contributed by atoms with Gasteiger partial charge in [-0.2, -0.15) is 5.10 Å². The topological polar surface area (TPSA) is 40.7 Å². The lowest BCUT2D eigenvalue weighted by Gasteiger charge is -2.05. The summed E-state index contributed by atoms with van der Waals surface area (Å²) in [5, 5.41) is 10.7. The molecule has 0 aliphatic rings. The Bertz CT molecular complexity index is 454. The van der Waals surface area contributed by atoms with Crippen molar-refractivity contribution in [2.75, 3.05) is 6.54 Å². The first-order valence-electron chi connectivity index (χ1n) is 6.52. The summed E-state index contributed by atoms with van der Waals surface area (Å²) >= 11 is 0. The summed E-state index contributed by atoms with van der Waals surface area (Å²) in [6.07, 6.45) is 2.30. The minimum atomic E-state index is 0.906. The first-order valence-corrected chi connectivity index (χ1v) is 6.52. The van der Waals surface area contributed by atoms with Gasteiger partial charge in [-0.1, -0.05) is 30.3 Å². The number of hydrogen-bond donors (Lipinski definition) is 2. The van der Waals surface area contributed by atoms with Crippen molar-refractivity contribution < 1.29 is 0 Å². The van der Waals surface area contributed by atoms with Gasteiger partial charge >= 0.3 is 0 Å². The molecule has 0 unspecified atom stereocenters. The highest BCUT2D eigenvalue weighted by Crippen LogP contribution is 2.08. The molecule has 0 aliphatic heterocycles. The van der Waals surface area contributed by atoms with E-state index in [2.05, 4.69) is 52.8 Å². The van der Waals surface area contributed by atoms with Gasteiger partial charge in [0.25, 0.3) is 0 Å². The van der Waals surface area contributed by atoms with Crippen LogP contribution in [0.3, 0.4) is 0 Å². The van der Waals surface area contributed by atoms with Crippen LogP contribution in [-0.4, -0.2) is 16.7 Å². The second kappa shape index (κ2) is 6.36. The van der Waals surface area contributed by atoms with E-state index in [-0.39, 0.29) is 0 Å². The molecule has 0 radical (unpaired) electrons.